The van der Waals surface area contributed by atoms with Crippen LogP contribution in [0.3, 0.4) is 0 Å². The van der Waals surface area contributed by atoms with Crippen molar-refractivity contribution in [3.63, 3.8) is 0 Å². The third-order valence-electron chi connectivity index (χ3n) is 4.57. The van der Waals surface area contributed by atoms with Crippen LogP contribution in [-0.2, 0) is 20.8 Å². The molecule has 3 rings (SSSR count). The Morgan fingerprint density at radius 2 is 1.19 bits per heavy atom. The molecule has 0 heterocycles. The van der Waals surface area contributed by atoms with Gasteiger partial charge in [-0.15, -0.1) is 0 Å². The highest BCUT2D eigenvalue weighted by Crippen LogP contribution is 2.40. The normalized spacial score (nSPS) is 17.7. The van der Waals surface area contributed by atoms with Gasteiger partial charge in [0.25, 0.3) is 0 Å². The summed E-state index contributed by atoms with van der Waals surface area (Å²) < 4.78 is 0. The summed E-state index contributed by atoms with van der Waals surface area (Å²) in [4.78, 5) is 35.7. The van der Waals surface area contributed by atoms with Crippen molar-refractivity contribution in [3.05, 3.63) is 54.1 Å². The molecule has 0 saturated heterocycles. The zero-order valence-electron chi connectivity index (χ0n) is 15.4. The largest absolute Gasteiger partial charge is 0.326 e. The van der Waals surface area contributed by atoms with E-state index in [9.17, 15) is 14.4 Å². The standard InChI is InChI=1S/C21H23N3O3/c1-3-14-4-6-16(7-5-14)23-20(26)18-12-19(18)21(27)24-17-10-8-15(9-11-17)22-13(2)25/h4-11,18-19H,3,12H2,1-2H3,(H,22,25)(H,23,26)(H,24,27). The lowest BCUT2D eigenvalue weighted by Crippen LogP contribution is -2.20. The molecule has 2 unspecified atom stereocenters. The summed E-state index contributed by atoms with van der Waals surface area (Å²) in [5.74, 6) is -1.04. The Kier molecular flexibility index (Phi) is 5.54. The van der Waals surface area contributed by atoms with Gasteiger partial charge in [0, 0.05) is 24.0 Å². The molecule has 1 fully saturated rings. The van der Waals surface area contributed by atoms with E-state index in [1.807, 2.05) is 24.3 Å². The molecule has 1 aliphatic carbocycles. The lowest BCUT2D eigenvalue weighted by molar-refractivity contribution is -0.122. The summed E-state index contributed by atoms with van der Waals surface area (Å²) in [5.41, 5.74) is 3.26. The van der Waals surface area contributed by atoms with Gasteiger partial charge >= 0.3 is 0 Å². The number of aryl methyl sites for hydroxylation is 1. The number of anilines is 3. The number of hydrogen-bond donors (Lipinski definition) is 3. The second kappa shape index (κ2) is 8.03. The van der Waals surface area contributed by atoms with Gasteiger partial charge in [0.15, 0.2) is 0 Å². The average molecular weight is 365 g/mol. The van der Waals surface area contributed by atoms with E-state index in [0.717, 1.165) is 12.1 Å². The average Bonchev–Trinajstić information content (AvgIpc) is 3.45. The summed E-state index contributed by atoms with van der Waals surface area (Å²) in [6.07, 6.45) is 1.50. The first kappa shape index (κ1) is 18.6. The second-order valence-electron chi connectivity index (χ2n) is 6.74. The zero-order valence-corrected chi connectivity index (χ0v) is 15.4. The van der Waals surface area contributed by atoms with Gasteiger partial charge in [0.05, 0.1) is 11.8 Å². The molecule has 0 aromatic heterocycles. The van der Waals surface area contributed by atoms with Crippen LogP contribution in [0.5, 0.6) is 0 Å². The highest BCUT2D eigenvalue weighted by Gasteiger charge is 2.48. The molecule has 3 amide bonds. The maximum absolute atomic E-state index is 12.3. The number of benzene rings is 2. The third-order valence-corrected chi connectivity index (χ3v) is 4.57. The second-order valence-corrected chi connectivity index (χ2v) is 6.74. The van der Waals surface area contributed by atoms with E-state index in [2.05, 4.69) is 22.9 Å². The molecule has 2 aromatic rings. The maximum Gasteiger partial charge on any atom is 0.228 e. The fourth-order valence-corrected chi connectivity index (χ4v) is 2.91. The van der Waals surface area contributed by atoms with Crippen LogP contribution in [0, 0.1) is 11.8 Å². The van der Waals surface area contributed by atoms with Crippen LogP contribution in [0.4, 0.5) is 17.1 Å². The van der Waals surface area contributed by atoms with Gasteiger partial charge in [-0.3, -0.25) is 14.4 Å². The van der Waals surface area contributed by atoms with Crippen molar-refractivity contribution in [2.75, 3.05) is 16.0 Å². The molecule has 6 nitrogen and oxygen atoms in total. The molecule has 2 aromatic carbocycles. The monoisotopic (exact) mass is 365 g/mol. The number of hydrogen-bond acceptors (Lipinski definition) is 3. The van der Waals surface area contributed by atoms with Gasteiger partial charge in [-0.25, -0.2) is 0 Å². The van der Waals surface area contributed by atoms with Crippen LogP contribution >= 0.6 is 0 Å². The van der Waals surface area contributed by atoms with Crippen LogP contribution in [0.2, 0.25) is 0 Å². The molecule has 3 N–H and O–H groups in total. The number of nitrogens with one attached hydrogen (secondary N) is 3. The Morgan fingerprint density at radius 1 is 0.778 bits per heavy atom. The molecule has 2 atom stereocenters. The Hall–Kier alpha value is -3.15. The van der Waals surface area contributed by atoms with Crippen molar-refractivity contribution in [2.24, 2.45) is 11.8 Å². The van der Waals surface area contributed by atoms with E-state index in [1.165, 1.54) is 12.5 Å². The van der Waals surface area contributed by atoms with Crippen molar-refractivity contribution >= 4 is 34.8 Å². The van der Waals surface area contributed by atoms with Crippen LogP contribution in [0.1, 0.15) is 25.8 Å². The van der Waals surface area contributed by atoms with E-state index in [-0.39, 0.29) is 29.6 Å². The molecule has 27 heavy (non-hydrogen) atoms. The van der Waals surface area contributed by atoms with Gasteiger partial charge in [0.1, 0.15) is 0 Å². The van der Waals surface area contributed by atoms with Crippen molar-refractivity contribution in [3.8, 4) is 0 Å². The molecule has 140 valence electrons. The lowest BCUT2D eigenvalue weighted by atomic mass is 10.1. The minimum Gasteiger partial charge on any atom is -0.326 e. The van der Waals surface area contributed by atoms with E-state index in [0.29, 0.717) is 17.8 Å². The maximum atomic E-state index is 12.3. The van der Waals surface area contributed by atoms with Crippen molar-refractivity contribution in [1.29, 1.82) is 0 Å². The molecule has 1 saturated carbocycles. The summed E-state index contributed by atoms with van der Waals surface area (Å²) in [6.45, 7) is 3.51. The molecular weight excluding hydrogens is 342 g/mol. The lowest BCUT2D eigenvalue weighted by Gasteiger charge is -2.08. The third kappa shape index (κ3) is 4.94. The number of carbonyl (C=O) groups excluding carboxylic acids is 3. The number of rotatable bonds is 6. The first-order chi connectivity index (χ1) is 13.0. The van der Waals surface area contributed by atoms with Gasteiger partial charge in [0.2, 0.25) is 17.7 Å². The van der Waals surface area contributed by atoms with Gasteiger partial charge < -0.3 is 16.0 Å². The molecule has 0 spiro atoms. The number of carbonyl (C=O) groups is 3. The first-order valence-corrected chi connectivity index (χ1v) is 9.04. The van der Waals surface area contributed by atoms with E-state index in [4.69, 9.17) is 0 Å². The van der Waals surface area contributed by atoms with Crippen LogP contribution in [-0.4, -0.2) is 17.7 Å². The summed E-state index contributed by atoms with van der Waals surface area (Å²) in [7, 11) is 0. The predicted molar refractivity (Wildman–Crippen MR) is 105 cm³/mol. The van der Waals surface area contributed by atoms with Gasteiger partial charge in [-0.1, -0.05) is 19.1 Å². The van der Waals surface area contributed by atoms with Crippen LogP contribution in [0.25, 0.3) is 0 Å². The zero-order chi connectivity index (χ0) is 19.4. The Bertz CT molecular complexity index is 844. The molecule has 0 aliphatic heterocycles. The minimum absolute atomic E-state index is 0.125. The highest BCUT2D eigenvalue weighted by atomic mass is 16.2. The van der Waals surface area contributed by atoms with E-state index < -0.39 is 0 Å². The number of amides is 3. The van der Waals surface area contributed by atoms with Crippen LogP contribution < -0.4 is 16.0 Å². The SMILES string of the molecule is CCc1ccc(NC(=O)C2CC2C(=O)Nc2ccc(NC(C)=O)cc2)cc1. The topological polar surface area (TPSA) is 87.3 Å². The van der Waals surface area contributed by atoms with Gasteiger partial charge in [-0.2, -0.15) is 0 Å². The van der Waals surface area contributed by atoms with Crippen LogP contribution in [0.15, 0.2) is 48.5 Å². The Morgan fingerprint density at radius 3 is 1.59 bits per heavy atom. The molecule has 1 aliphatic rings. The van der Waals surface area contributed by atoms with Crippen molar-refractivity contribution < 1.29 is 14.4 Å². The summed E-state index contributed by atoms with van der Waals surface area (Å²) in [5, 5.41) is 8.36. The van der Waals surface area contributed by atoms with E-state index in [1.54, 1.807) is 24.3 Å². The fourth-order valence-electron chi connectivity index (χ4n) is 2.91. The Labute approximate surface area is 158 Å². The van der Waals surface area contributed by atoms with Crippen molar-refractivity contribution in [2.45, 2.75) is 26.7 Å². The Balaban J connectivity index is 1.50. The smallest absolute Gasteiger partial charge is 0.228 e. The minimum atomic E-state index is -0.310. The predicted octanol–water partition coefficient (Wildman–Crippen LogP) is 3.42. The molecular formula is C21H23N3O3. The first-order valence-electron chi connectivity index (χ1n) is 9.04. The van der Waals surface area contributed by atoms with Gasteiger partial charge in [-0.05, 0) is 54.8 Å². The molecule has 6 heteroatoms. The van der Waals surface area contributed by atoms with E-state index >= 15 is 0 Å². The highest BCUT2D eigenvalue weighted by molar-refractivity contribution is 6.03. The van der Waals surface area contributed by atoms with Crippen molar-refractivity contribution in [1.82, 2.24) is 0 Å². The summed E-state index contributed by atoms with van der Waals surface area (Å²) in [6, 6.07) is 14.6. The fraction of sp³-hybridized carbons (Fsp3) is 0.286. The summed E-state index contributed by atoms with van der Waals surface area (Å²) >= 11 is 0. The molecule has 0 bridgehead atoms. The molecule has 0 radical (unpaired) electrons. The quantitative estimate of drug-likeness (QED) is 0.733.